The van der Waals surface area contributed by atoms with Crippen molar-refractivity contribution in [2.45, 2.75) is 32.7 Å². The van der Waals surface area contributed by atoms with E-state index >= 15 is 0 Å². The maximum absolute atomic E-state index is 11.4. The average Bonchev–Trinajstić information content (AvgIpc) is 2.91. The van der Waals surface area contributed by atoms with E-state index in [-0.39, 0.29) is 12.3 Å². The second kappa shape index (κ2) is 6.29. The summed E-state index contributed by atoms with van der Waals surface area (Å²) in [6.45, 7) is 5.01. The maximum Gasteiger partial charge on any atom is 0.304 e. The summed E-state index contributed by atoms with van der Waals surface area (Å²) in [6, 6.07) is 16.4. The lowest BCUT2D eigenvalue weighted by Crippen LogP contribution is -2.08. The number of fused-ring (bicyclic) bond motifs is 1. The first kappa shape index (κ1) is 15.3. The number of rotatable bonds is 5. The lowest BCUT2D eigenvalue weighted by molar-refractivity contribution is -0.137. The van der Waals surface area contributed by atoms with E-state index in [0.717, 1.165) is 34.1 Å². The third-order valence-electron chi connectivity index (χ3n) is 4.36. The highest BCUT2D eigenvalue weighted by molar-refractivity contribution is 5.86. The number of carbonyl (C=O) groups is 1. The van der Waals surface area contributed by atoms with Gasteiger partial charge in [0.1, 0.15) is 0 Å². The van der Waals surface area contributed by atoms with Gasteiger partial charge in [-0.15, -0.1) is 0 Å². The lowest BCUT2D eigenvalue weighted by Gasteiger charge is -2.16. The minimum atomic E-state index is -0.773. The molecule has 3 heteroatoms. The fourth-order valence-electron chi connectivity index (χ4n) is 3.28. The Kier molecular flexibility index (Phi) is 4.20. The summed E-state index contributed by atoms with van der Waals surface area (Å²) < 4.78 is 2.19. The highest BCUT2D eigenvalue weighted by atomic mass is 16.4. The van der Waals surface area contributed by atoms with Crippen molar-refractivity contribution in [3.8, 4) is 0 Å². The third-order valence-corrected chi connectivity index (χ3v) is 4.36. The molecule has 0 saturated carbocycles. The summed E-state index contributed by atoms with van der Waals surface area (Å²) in [7, 11) is 0. The van der Waals surface area contributed by atoms with Gasteiger partial charge in [-0.05, 0) is 31.0 Å². The van der Waals surface area contributed by atoms with Crippen LogP contribution in [0.25, 0.3) is 10.9 Å². The smallest absolute Gasteiger partial charge is 0.304 e. The molecule has 0 radical (unpaired) electrons. The van der Waals surface area contributed by atoms with Crippen molar-refractivity contribution in [1.82, 2.24) is 4.57 Å². The molecule has 0 amide bonds. The van der Waals surface area contributed by atoms with Gasteiger partial charge in [0.25, 0.3) is 0 Å². The van der Waals surface area contributed by atoms with E-state index in [9.17, 15) is 9.90 Å². The van der Waals surface area contributed by atoms with Gasteiger partial charge >= 0.3 is 5.97 Å². The third kappa shape index (κ3) is 3.00. The fourth-order valence-corrected chi connectivity index (χ4v) is 3.28. The van der Waals surface area contributed by atoms with Crippen molar-refractivity contribution < 1.29 is 9.90 Å². The molecular formula is C20H21NO2. The first-order valence-corrected chi connectivity index (χ1v) is 7.96. The fraction of sp³-hybridized carbons (Fsp3) is 0.250. The van der Waals surface area contributed by atoms with Gasteiger partial charge in [-0.25, -0.2) is 0 Å². The molecular weight excluding hydrogens is 286 g/mol. The Morgan fingerprint density at radius 1 is 1.17 bits per heavy atom. The van der Waals surface area contributed by atoms with Crippen LogP contribution < -0.4 is 0 Å². The topological polar surface area (TPSA) is 42.2 Å². The quantitative estimate of drug-likeness (QED) is 0.750. The monoisotopic (exact) mass is 307 g/mol. The highest BCUT2D eigenvalue weighted by Gasteiger charge is 2.22. The number of carboxylic acids is 1. The second-order valence-corrected chi connectivity index (χ2v) is 5.95. The molecule has 3 aromatic rings. The first-order valence-electron chi connectivity index (χ1n) is 7.96. The molecule has 2 aromatic carbocycles. The van der Waals surface area contributed by atoms with Crippen LogP contribution in [0.2, 0.25) is 0 Å². The Hall–Kier alpha value is -2.55. The molecule has 0 saturated heterocycles. The molecule has 0 aliphatic heterocycles. The summed E-state index contributed by atoms with van der Waals surface area (Å²) in [5, 5.41) is 10.5. The highest BCUT2D eigenvalue weighted by Crippen LogP contribution is 2.35. The van der Waals surface area contributed by atoms with Crippen molar-refractivity contribution in [1.29, 1.82) is 0 Å². The molecule has 0 aliphatic carbocycles. The number of carboxylic acid groups (broad SMARTS) is 1. The molecule has 1 N–H and O–H groups in total. The van der Waals surface area contributed by atoms with Crippen molar-refractivity contribution in [2.24, 2.45) is 0 Å². The predicted octanol–water partition coefficient (Wildman–Crippen LogP) is 4.58. The Morgan fingerprint density at radius 3 is 2.65 bits per heavy atom. The Bertz CT molecular complexity index is 848. The number of para-hydroxylation sites is 1. The van der Waals surface area contributed by atoms with Crippen LogP contribution in [0.1, 0.15) is 36.0 Å². The second-order valence-electron chi connectivity index (χ2n) is 5.95. The first-order chi connectivity index (χ1) is 11.1. The van der Waals surface area contributed by atoms with Crippen LogP contribution in [-0.4, -0.2) is 15.6 Å². The number of aryl methyl sites for hydroxylation is 2. The molecule has 1 atom stereocenters. The van der Waals surface area contributed by atoms with Crippen molar-refractivity contribution in [3.05, 3.63) is 71.4 Å². The zero-order valence-corrected chi connectivity index (χ0v) is 13.5. The van der Waals surface area contributed by atoms with Crippen molar-refractivity contribution in [2.75, 3.05) is 0 Å². The summed E-state index contributed by atoms with van der Waals surface area (Å²) in [5.41, 5.74) is 4.46. The van der Waals surface area contributed by atoms with E-state index in [2.05, 4.69) is 35.9 Å². The van der Waals surface area contributed by atoms with E-state index in [4.69, 9.17) is 0 Å². The van der Waals surface area contributed by atoms with Gasteiger partial charge < -0.3 is 9.67 Å². The number of aromatic nitrogens is 1. The van der Waals surface area contributed by atoms with Crippen LogP contribution in [0.5, 0.6) is 0 Å². The van der Waals surface area contributed by atoms with E-state index < -0.39 is 5.97 Å². The lowest BCUT2D eigenvalue weighted by atomic mass is 9.87. The Labute approximate surface area is 136 Å². The SMILES string of the molecule is CCn1cc([C@@H](CC(=O)O)c2cccc(C)c2)c2ccccc21. The number of benzene rings is 2. The van der Waals surface area contributed by atoms with E-state index in [1.54, 1.807) is 0 Å². The Balaban J connectivity index is 2.19. The molecule has 0 spiro atoms. The maximum atomic E-state index is 11.4. The van der Waals surface area contributed by atoms with Crippen LogP contribution in [-0.2, 0) is 11.3 Å². The molecule has 3 nitrogen and oxygen atoms in total. The number of hydrogen-bond acceptors (Lipinski definition) is 1. The van der Waals surface area contributed by atoms with Gasteiger partial charge in [0.05, 0.1) is 6.42 Å². The van der Waals surface area contributed by atoms with Crippen LogP contribution in [0, 0.1) is 6.92 Å². The minimum Gasteiger partial charge on any atom is -0.481 e. The van der Waals surface area contributed by atoms with Gasteiger partial charge in [0.15, 0.2) is 0 Å². The molecule has 0 aliphatic rings. The van der Waals surface area contributed by atoms with Gasteiger partial charge in [-0.3, -0.25) is 4.79 Å². The van der Waals surface area contributed by atoms with Crippen molar-refractivity contribution >= 4 is 16.9 Å². The normalized spacial score (nSPS) is 12.4. The molecule has 1 aromatic heterocycles. The van der Waals surface area contributed by atoms with Crippen molar-refractivity contribution in [3.63, 3.8) is 0 Å². The minimum absolute atomic E-state index is 0.0984. The zero-order valence-electron chi connectivity index (χ0n) is 13.5. The van der Waals surface area contributed by atoms with E-state index in [0.29, 0.717) is 0 Å². The number of hydrogen-bond donors (Lipinski definition) is 1. The summed E-state index contributed by atoms with van der Waals surface area (Å²) in [4.78, 5) is 11.4. The molecule has 118 valence electrons. The van der Waals surface area contributed by atoms with Gasteiger partial charge in [0.2, 0.25) is 0 Å². The Morgan fingerprint density at radius 2 is 1.96 bits per heavy atom. The molecule has 1 heterocycles. The average molecular weight is 307 g/mol. The van der Waals surface area contributed by atoms with Crippen LogP contribution in [0.3, 0.4) is 0 Å². The van der Waals surface area contributed by atoms with Gasteiger partial charge in [-0.1, -0.05) is 48.0 Å². The van der Waals surface area contributed by atoms with Crippen LogP contribution in [0.4, 0.5) is 0 Å². The molecule has 3 rings (SSSR count). The summed E-state index contributed by atoms with van der Waals surface area (Å²) >= 11 is 0. The molecule has 0 fully saturated rings. The summed E-state index contributed by atoms with van der Waals surface area (Å²) in [5.74, 6) is -0.907. The predicted molar refractivity (Wildman–Crippen MR) is 92.9 cm³/mol. The summed E-state index contributed by atoms with van der Waals surface area (Å²) in [6.07, 6.45) is 2.21. The largest absolute Gasteiger partial charge is 0.481 e. The van der Waals surface area contributed by atoms with Gasteiger partial charge in [-0.2, -0.15) is 0 Å². The molecule has 23 heavy (non-hydrogen) atoms. The molecule has 0 unspecified atom stereocenters. The standard InChI is InChI=1S/C20H21NO2/c1-3-21-13-18(16-9-4-5-10-19(16)21)17(12-20(22)23)15-8-6-7-14(2)11-15/h4-11,13,17H,3,12H2,1-2H3,(H,22,23)/t17-/m0/s1. The zero-order chi connectivity index (χ0) is 16.4. The number of nitrogens with zero attached hydrogens (tertiary/aromatic N) is 1. The van der Waals surface area contributed by atoms with E-state index in [1.807, 2.05) is 37.3 Å². The van der Waals surface area contributed by atoms with Crippen LogP contribution >= 0.6 is 0 Å². The van der Waals surface area contributed by atoms with E-state index in [1.165, 1.54) is 0 Å². The van der Waals surface area contributed by atoms with Crippen LogP contribution in [0.15, 0.2) is 54.7 Å². The molecule has 0 bridgehead atoms. The van der Waals surface area contributed by atoms with Gasteiger partial charge in [0, 0.05) is 29.6 Å². The number of aliphatic carboxylic acids is 1.